The van der Waals surface area contributed by atoms with Gasteiger partial charge in [0.2, 0.25) is 0 Å². The Labute approximate surface area is 325 Å². The van der Waals surface area contributed by atoms with Crippen LogP contribution < -0.4 is 0 Å². The van der Waals surface area contributed by atoms with Crippen LogP contribution in [0.25, 0.3) is 114 Å². The zero-order chi connectivity index (χ0) is 36.7. The van der Waals surface area contributed by atoms with Crippen molar-refractivity contribution in [1.29, 1.82) is 0 Å². The molecular formula is C51H30N4S. The Kier molecular flexibility index (Phi) is 6.76. The quantitative estimate of drug-likeness (QED) is 0.169. The van der Waals surface area contributed by atoms with Crippen LogP contribution in [0.2, 0.25) is 0 Å². The molecular weight excluding hydrogens is 701 g/mol. The lowest BCUT2D eigenvalue weighted by atomic mass is 10.00. The van der Waals surface area contributed by atoms with E-state index in [9.17, 15) is 0 Å². The SMILES string of the molecule is c1ccc(-c2nc(-c3ccc4c(ccc5ccccc54)c3)nc(-c3ccc4sc5ccccc5c4c3-n3c4ccccc4c4cc5ccccc5cc43)n2)cc1. The summed E-state index contributed by atoms with van der Waals surface area (Å²) in [5.74, 6) is 1.91. The number of hydrogen-bond acceptors (Lipinski definition) is 4. The van der Waals surface area contributed by atoms with Gasteiger partial charge in [-0.25, -0.2) is 15.0 Å². The summed E-state index contributed by atoms with van der Waals surface area (Å²) in [5.41, 5.74) is 6.19. The zero-order valence-corrected chi connectivity index (χ0v) is 30.8. The molecule has 0 saturated carbocycles. The first-order valence-electron chi connectivity index (χ1n) is 18.9. The van der Waals surface area contributed by atoms with Crippen molar-refractivity contribution in [1.82, 2.24) is 19.5 Å². The standard InChI is InChI=1S/C51H30N4S/c1-2-13-32(14-3-1)49-52-50(36-24-25-38-35(28-36)23-22-31-12-6-7-17-37(31)38)54-51(53-49)41-26-27-46-47(40-19-9-11-21-45(40)56-46)48(41)55-43-20-10-8-18-39(43)42-29-33-15-4-5-16-34(33)30-44(42)55/h1-30H. The number of thiophene rings is 1. The van der Waals surface area contributed by atoms with Crippen LogP contribution in [0.3, 0.4) is 0 Å². The van der Waals surface area contributed by atoms with Crippen molar-refractivity contribution < 1.29 is 0 Å². The fraction of sp³-hybridized carbons (Fsp3) is 0. The van der Waals surface area contributed by atoms with Gasteiger partial charge in [-0.05, 0) is 74.8 Å². The molecule has 0 fully saturated rings. The third kappa shape index (κ3) is 4.75. The molecule has 0 amide bonds. The van der Waals surface area contributed by atoms with Crippen molar-refractivity contribution in [2.24, 2.45) is 0 Å². The van der Waals surface area contributed by atoms with Crippen LogP contribution in [0.5, 0.6) is 0 Å². The molecule has 0 aliphatic carbocycles. The van der Waals surface area contributed by atoms with Gasteiger partial charge in [0.05, 0.1) is 16.7 Å². The van der Waals surface area contributed by atoms with Gasteiger partial charge in [-0.1, -0.05) is 140 Å². The Morgan fingerprint density at radius 2 is 1.00 bits per heavy atom. The van der Waals surface area contributed by atoms with Gasteiger partial charge in [0.1, 0.15) is 0 Å². The summed E-state index contributed by atoms with van der Waals surface area (Å²) in [6, 6.07) is 65.0. The average molecular weight is 731 g/mol. The fourth-order valence-corrected chi connectivity index (χ4v) is 9.71. The number of rotatable bonds is 4. The van der Waals surface area contributed by atoms with E-state index in [-0.39, 0.29) is 0 Å². The summed E-state index contributed by atoms with van der Waals surface area (Å²) in [6.07, 6.45) is 0. The molecule has 4 nitrogen and oxygen atoms in total. The van der Waals surface area contributed by atoms with Crippen LogP contribution in [0.4, 0.5) is 0 Å². The lowest BCUT2D eigenvalue weighted by Gasteiger charge is -2.17. The maximum atomic E-state index is 5.39. The highest BCUT2D eigenvalue weighted by atomic mass is 32.1. The highest BCUT2D eigenvalue weighted by molar-refractivity contribution is 7.25. The number of benzene rings is 9. The van der Waals surface area contributed by atoms with Crippen LogP contribution in [0.1, 0.15) is 0 Å². The molecule has 0 atom stereocenters. The minimum absolute atomic E-state index is 0.631. The Bertz CT molecular complexity index is 3540. The van der Waals surface area contributed by atoms with Crippen molar-refractivity contribution in [2.75, 3.05) is 0 Å². The van der Waals surface area contributed by atoms with Crippen LogP contribution in [0, 0.1) is 0 Å². The van der Waals surface area contributed by atoms with Gasteiger partial charge in [0.25, 0.3) is 0 Å². The summed E-state index contributed by atoms with van der Waals surface area (Å²) in [6.45, 7) is 0. The van der Waals surface area contributed by atoms with Gasteiger partial charge in [-0.15, -0.1) is 11.3 Å². The van der Waals surface area contributed by atoms with Crippen molar-refractivity contribution in [3.8, 4) is 39.9 Å². The molecule has 5 heteroatoms. The molecule has 0 radical (unpaired) electrons. The second-order valence-corrected chi connectivity index (χ2v) is 15.5. The van der Waals surface area contributed by atoms with Gasteiger partial charge in [0, 0.05) is 47.6 Å². The van der Waals surface area contributed by atoms with Crippen LogP contribution in [-0.4, -0.2) is 19.5 Å². The number of nitrogens with zero attached hydrogens (tertiary/aromatic N) is 4. The van der Waals surface area contributed by atoms with E-state index in [0.29, 0.717) is 17.5 Å². The molecule has 260 valence electrons. The van der Waals surface area contributed by atoms with Gasteiger partial charge >= 0.3 is 0 Å². The summed E-state index contributed by atoms with van der Waals surface area (Å²) >= 11 is 1.83. The number of aromatic nitrogens is 4. The van der Waals surface area contributed by atoms with Gasteiger partial charge < -0.3 is 4.57 Å². The molecule has 0 unspecified atom stereocenters. The molecule has 0 aliphatic rings. The summed E-state index contributed by atoms with van der Waals surface area (Å²) in [5, 5.41) is 12.1. The number of hydrogen-bond donors (Lipinski definition) is 0. The molecule has 0 saturated heterocycles. The van der Waals surface area contributed by atoms with E-state index in [1.807, 2.05) is 29.5 Å². The van der Waals surface area contributed by atoms with E-state index in [1.54, 1.807) is 0 Å². The van der Waals surface area contributed by atoms with Crippen molar-refractivity contribution >= 4 is 85.6 Å². The van der Waals surface area contributed by atoms with Gasteiger partial charge in [-0.3, -0.25) is 0 Å². The van der Waals surface area contributed by atoms with E-state index in [4.69, 9.17) is 15.0 Å². The molecule has 3 aromatic heterocycles. The van der Waals surface area contributed by atoms with Crippen molar-refractivity contribution in [2.45, 2.75) is 0 Å². The highest BCUT2D eigenvalue weighted by Crippen LogP contribution is 2.45. The third-order valence-corrected chi connectivity index (χ3v) is 12.3. The van der Waals surface area contributed by atoms with Gasteiger partial charge in [0.15, 0.2) is 17.5 Å². The second kappa shape index (κ2) is 12.2. The summed E-state index contributed by atoms with van der Waals surface area (Å²) in [7, 11) is 0. The first kappa shape index (κ1) is 31.2. The highest BCUT2D eigenvalue weighted by Gasteiger charge is 2.24. The van der Waals surface area contributed by atoms with Gasteiger partial charge in [-0.2, -0.15) is 0 Å². The molecule has 12 rings (SSSR count). The molecule has 56 heavy (non-hydrogen) atoms. The third-order valence-electron chi connectivity index (χ3n) is 11.2. The predicted octanol–water partition coefficient (Wildman–Crippen LogP) is 13.8. The Morgan fingerprint density at radius 3 is 1.86 bits per heavy atom. The molecule has 9 aromatic carbocycles. The maximum absolute atomic E-state index is 5.39. The van der Waals surface area contributed by atoms with Crippen molar-refractivity contribution in [3.05, 3.63) is 182 Å². The first-order valence-corrected chi connectivity index (χ1v) is 19.7. The van der Waals surface area contributed by atoms with E-state index in [2.05, 4.69) is 168 Å². The van der Waals surface area contributed by atoms with Crippen LogP contribution in [0.15, 0.2) is 182 Å². The monoisotopic (exact) mass is 730 g/mol. The van der Waals surface area contributed by atoms with E-state index >= 15 is 0 Å². The minimum Gasteiger partial charge on any atom is -0.308 e. The minimum atomic E-state index is 0.631. The fourth-order valence-electron chi connectivity index (χ4n) is 8.60. The molecule has 0 spiro atoms. The lowest BCUT2D eigenvalue weighted by molar-refractivity contribution is 1.07. The smallest absolute Gasteiger partial charge is 0.166 e. The normalized spacial score (nSPS) is 11.9. The van der Waals surface area contributed by atoms with Crippen molar-refractivity contribution in [3.63, 3.8) is 0 Å². The first-order chi connectivity index (χ1) is 27.7. The van der Waals surface area contributed by atoms with E-state index in [0.717, 1.165) is 38.8 Å². The van der Waals surface area contributed by atoms with E-state index < -0.39 is 0 Å². The lowest BCUT2D eigenvalue weighted by Crippen LogP contribution is -2.04. The molecule has 12 aromatic rings. The molecule has 0 bridgehead atoms. The topological polar surface area (TPSA) is 43.6 Å². The summed E-state index contributed by atoms with van der Waals surface area (Å²) in [4.78, 5) is 15.9. The average Bonchev–Trinajstić information content (AvgIpc) is 3.80. The van der Waals surface area contributed by atoms with Crippen LogP contribution in [-0.2, 0) is 0 Å². The van der Waals surface area contributed by atoms with Crippen LogP contribution >= 0.6 is 11.3 Å². The predicted molar refractivity (Wildman–Crippen MR) is 236 cm³/mol. The molecule has 0 aliphatic heterocycles. The second-order valence-electron chi connectivity index (χ2n) is 14.4. The number of para-hydroxylation sites is 1. The largest absolute Gasteiger partial charge is 0.308 e. The number of fused-ring (bicyclic) bond motifs is 10. The molecule has 3 heterocycles. The molecule has 0 N–H and O–H groups in total. The summed E-state index contributed by atoms with van der Waals surface area (Å²) < 4.78 is 4.92. The maximum Gasteiger partial charge on any atom is 0.166 e. The van der Waals surface area contributed by atoms with E-state index in [1.165, 1.54) is 57.9 Å². The Morgan fingerprint density at radius 1 is 0.357 bits per heavy atom. The Balaban J connectivity index is 1.19. The Hall–Kier alpha value is -7.21. The zero-order valence-electron chi connectivity index (χ0n) is 30.0.